The number of rotatable bonds is 3. The predicted molar refractivity (Wildman–Crippen MR) is 63.8 cm³/mol. The Morgan fingerprint density at radius 1 is 1.35 bits per heavy atom. The van der Waals surface area contributed by atoms with Crippen molar-refractivity contribution < 1.29 is 4.42 Å². The summed E-state index contributed by atoms with van der Waals surface area (Å²) in [7, 11) is 1.88. The minimum atomic E-state index is 0.103. The van der Waals surface area contributed by atoms with Crippen LogP contribution in [0.2, 0.25) is 0 Å². The van der Waals surface area contributed by atoms with Crippen LogP contribution in [0.4, 0.5) is 0 Å². The van der Waals surface area contributed by atoms with Crippen LogP contribution in [0.1, 0.15) is 41.8 Å². The zero-order chi connectivity index (χ0) is 11.8. The van der Waals surface area contributed by atoms with Gasteiger partial charge in [0.1, 0.15) is 0 Å². The van der Waals surface area contributed by atoms with Gasteiger partial charge in [0.15, 0.2) is 0 Å². The lowest BCUT2D eigenvalue weighted by atomic mass is 9.77. The van der Waals surface area contributed by atoms with Gasteiger partial charge in [0, 0.05) is 0 Å². The number of hydrogen-bond donors (Lipinski definition) is 1. The zero-order valence-corrected chi connectivity index (χ0v) is 9.97. The van der Waals surface area contributed by atoms with Crippen LogP contribution in [0.15, 0.2) is 28.7 Å². The molecule has 2 atom stereocenters. The molecule has 0 bridgehead atoms. The minimum absolute atomic E-state index is 0.103. The Balaban J connectivity index is 1.86. The molecule has 1 aromatic heterocycles. The highest BCUT2D eigenvalue weighted by molar-refractivity contribution is 5.43. The summed E-state index contributed by atoms with van der Waals surface area (Å²) >= 11 is 0. The molecular weight excluding hydrogens is 214 g/mol. The van der Waals surface area contributed by atoms with Crippen molar-refractivity contribution in [1.29, 1.82) is 0 Å². The first-order valence-electron chi connectivity index (χ1n) is 5.88. The van der Waals surface area contributed by atoms with E-state index in [0.717, 1.165) is 12.3 Å². The third kappa shape index (κ3) is 1.65. The Hall–Kier alpha value is -1.68. The molecule has 0 aliphatic heterocycles. The third-order valence-electron chi connectivity index (χ3n) is 3.41. The van der Waals surface area contributed by atoms with E-state index >= 15 is 0 Å². The minimum Gasteiger partial charge on any atom is -0.423 e. The van der Waals surface area contributed by atoms with Gasteiger partial charge in [-0.3, -0.25) is 0 Å². The van der Waals surface area contributed by atoms with E-state index in [9.17, 15) is 0 Å². The van der Waals surface area contributed by atoms with E-state index in [2.05, 4.69) is 39.8 Å². The molecule has 88 valence electrons. The van der Waals surface area contributed by atoms with Crippen LogP contribution < -0.4 is 5.32 Å². The summed E-state index contributed by atoms with van der Waals surface area (Å²) in [5.74, 6) is 1.68. The van der Waals surface area contributed by atoms with Crippen molar-refractivity contribution in [3.63, 3.8) is 0 Å². The summed E-state index contributed by atoms with van der Waals surface area (Å²) in [6, 6.07) is 8.51. The Bertz CT molecular complexity index is 535. The van der Waals surface area contributed by atoms with Crippen LogP contribution in [0, 0.1) is 0 Å². The van der Waals surface area contributed by atoms with Gasteiger partial charge < -0.3 is 9.73 Å². The van der Waals surface area contributed by atoms with Crippen LogP contribution in [-0.2, 0) is 6.42 Å². The summed E-state index contributed by atoms with van der Waals surface area (Å²) in [6.45, 7) is 2.01. The van der Waals surface area contributed by atoms with Crippen molar-refractivity contribution >= 4 is 0 Å². The molecule has 1 aliphatic carbocycles. The average Bonchev–Trinajstić information content (AvgIpc) is 2.79. The largest absolute Gasteiger partial charge is 0.423 e. The molecular formula is C13H15N3O. The fourth-order valence-corrected chi connectivity index (χ4v) is 2.16. The van der Waals surface area contributed by atoms with E-state index < -0.39 is 0 Å². The third-order valence-corrected chi connectivity index (χ3v) is 3.41. The zero-order valence-electron chi connectivity index (χ0n) is 9.97. The van der Waals surface area contributed by atoms with Gasteiger partial charge in [-0.1, -0.05) is 24.3 Å². The normalized spacial score (nSPS) is 19.5. The van der Waals surface area contributed by atoms with Crippen LogP contribution >= 0.6 is 0 Å². The highest BCUT2D eigenvalue weighted by Crippen LogP contribution is 2.39. The van der Waals surface area contributed by atoms with Gasteiger partial charge in [-0.25, -0.2) is 0 Å². The van der Waals surface area contributed by atoms with Crippen LogP contribution in [-0.4, -0.2) is 17.2 Å². The number of nitrogens with one attached hydrogen (secondary N) is 1. The summed E-state index contributed by atoms with van der Waals surface area (Å²) < 4.78 is 5.71. The molecule has 3 rings (SSSR count). The molecule has 4 heteroatoms. The number of benzene rings is 1. The second-order valence-corrected chi connectivity index (χ2v) is 4.44. The molecule has 0 saturated heterocycles. The van der Waals surface area contributed by atoms with E-state index in [0.29, 0.717) is 5.89 Å². The van der Waals surface area contributed by atoms with Gasteiger partial charge in [-0.15, -0.1) is 10.2 Å². The number of nitrogens with zero attached hydrogens (tertiary/aromatic N) is 2. The number of fused-ring (bicyclic) bond motifs is 1. The maximum atomic E-state index is 5.71. The topological polar surface area (TPSA) is 51.0 Å². The van der Waals surface area contributed by atoms with Crippen molar-refractivity contribution in [2.45, 2.75) is 25.3 Å². The first kappa shape index (κ1) is 10.5. The van der Waals surface area contributed by atoms with Crippen molar-refractivity contribution in [2.24, 2.45) is 0 Å². The highest BCUT2D eigenvalue weighted by Gasteiger charge is 2.31. The molecule has 0 fully saturated rings. The predicted octanol–water partition coefficient (Wildman–Crippen LogP) is 2.04. The van der Waals surface area contributed by atoms with Gasteiger partial charge in [0.25, 0.3) is 0 Å². The second-order valence-electron chi connectivity index (χ2n) is 4.44. The lowest BCUT2D eigenvalue weighted by Gasteiger charge is -2.26. The summed E-state index contributed by atoms with van der Waals surface area (Å²) in [6.07, 6.45) is 1.01. The Labute approximate surface area is 100 Å². The molecule has 0 saturated carbocycles. The van der Waals surface area contributed by atoms with Gasteiger partial charge in [0.2, 0.25) is 11.8 Å². The molecule has 2 aromatic rings. The molecule has 1 aliphatic rings. The number of hydrogen-bond acceptors (Lipinski definition) is 4. The van der Waals surface area contributed by atoms with E-state index in [-0.39, 0.29) is 12.0 Å². The van der Waals surface area contributed by atoms with Crippen molar-refractivity contribution in [2.75, 3.05) is 7.05 Å². The second kappa shape index (κ2) is 3.96. The first-order chi connectivity index (χ1) is 8.29. The van der Waals surface area contributed by atoms with Gasteiger partial charge >= 0.3 is 0 Å². The first-order valence-corrected chi connectivity index (χ1v) is 5.88. The van der Waals surface area contributed by atoms with E-state index in [1.807, 2.05) is 14.0 Å². The maximum absolute atomic E-state index is 5.71. The maximum Gasteiger partial charge on any atom is 0.233 e. The summed E-state index contributed by atoms with van der Waals surface area (Å²) in [4.78, 5) is 0. The smallest absolute Gasteiger partial charge is 0.233 e. The fraction of sp³-hybridized carbons (Fsp3) is 0.385. The summed E-state index contributed by atoms with van der Waals surface area (Å²) in [5.41, 5.74) is 2.71. The van der Waals surface area contributed by atoms with Crippen molar-refractivity contribution in [1.82, 2.24) is 15.5 Å². The Morgan fingerprint density at radius 2 is 2.18 bits per heavy atom. The van der Waals surface area contributed by atoms with Crippen LogP contribution in [0.5, 0.6) is 0 Å². The van der Waals surface area contributed by atoms with Gasteiger partial charge in [-0.05, 0) is 31.5 Å². The molecule has 0 radical (unpaired) electrons. The van der Waals surface area contributed by atoms with Crippen molar-refractivity contribution in [3.05, 3.63) is 47.2 Å². The molecule has 0 amide bonds. The van der Waals surface area contributed by atoms with Crippen LogP contribution in [0.3, 0.4) is 0 Å². The molecule has 1 N–H and O–H groups in total. The standard InChI is InChI=1S/C13H15N3O/c1-8(14-2)12-15-16-13(17-12)11-7-9-5-3-4-6-10(9)11/h3-6,8,11,14H,7H2,1-2H3. The SMILES string of the molecule is CNC(C)c1nnc(C2Cc3ccccc32)o1. The molecule has 17 heavy (non-hydrogen) atoms. The fourth-order valence-electron chi connectivity index (χ4n) is 2.16. The van der Waals surface area contributed by atoms with E-state index in [1.165, 1.54) is 11.1 Å². The highest BCUT2D eigenvalue weighted by atomic mass is 16.4. The quantitative estimate of drug-likeness (QED) is 0.875. The Kier molecular flexibility index (Phi) is 2.44. The molecule has 2 unspecified atom stereocenters. The Morgan fingerprint density at radius 3 is 2.94 bits per heavy atom. The van der Waals surface area contributed by atoms with Crippen LogP contribution in [0.25, 0.3) is 0 Å². The monoisotopic (exact) mass is 229 g/mol. The lowest BCUT2D eigenvalue weighted by molar-refractivity contribution is 0.385. The molecule has 1 aromatic carbocycles. The number of aromatic nitrogens is 2. The average molecular weight is 229 g/mol. The molecule has 0 spiro atoms. The molecule has 4 nitrogen and oxygen atoms in total. The van der Waals surface area contributed by atoms with Crippen molar-refractivity contribution in [3.8, 4) is 0 Å². The van der Waals surface area contributed by atoms with Gasteiger partial charge in [-0.2, -0.15) is 0 Å². The lowest BCUT2D eigenvalue weighted by Crippen LogP contribution is -2.18. The summed E-state index contributed by atoms with van der Waals surface area (Å²) in [5, 5.41) is 11.3. The molecule has 1 heterocycles. The van der Waals surface area contributed by atoms with E-state index in [1.54, 1.807) is 0 Å². The van der Waals surface area contributed by atoms with Gasteiger partial charge in [0.05, 0.1) is 12.0 Å². The van der Waals surface area contributed by atoms with E-state index in [4.69, 9.17) is 4.42 Å².